The van der Waals surface area contributed by atoms with E-state index < -0.39 is 10.2 Å². The van der Waals surface area contributed by atoms with E-state index in [1.807, 2.05) is 18.2 Å². The quantitative estimate of drug-likeness (QED) is 0.894. The second kappa shape index (κ2) is 7.30. The van der Waals surface area contributed by atoms with Crippen LogP contribution in [0.4, 0.5) is 0 Å². The van der Waals surface area contributed by atoms with E-state index in [1.165, 1.54) is 9.87 Å². The largest absolute Gasteiger partial charge is 0.395 e. The lowest BCUT2D eigenvalue weighted by Crippen LogP contribution is -2.46. The van der Waals surface area contributed by atoms with Crippen molar-refractivity contribution in [2.75, 3.05) is 26.2 Å². The minimum absolute atomic E-state index is 0.147. The first-order chi connectivity index (χ1) is 11.1. The molecule has 1 unspecified atom stereocenters. The third-order valence-corrected chi connectivity index (χ3v) is 7.00. The molecule has 6 heteroatoms. The van der Waals surface area contributed by atoms with Gasteiger partial charge in [-0.3, -0.25) is 0 Å². The molecule has 0 aromatic heterocycles. The highest BCUT2D eigenvalue weighted by atomic mass is 32.2. The van der Waals surface area contributed by atoms with E-state index in [0.717, 1.165) is 44.1 Å². The van der Waals surface area contributed by atoms with Crippen LogP contribution >= 0.6 is 0 Å². The van der Waals surface area contributed by atoms with Crippen molar-refractivity contribution in [1.29, 1.82) is 0 Å². The number of hydrogen-bond donors (Lipinski definition) is 1. The fraction of sp³-hybridized carbons (Fsp3) is 0.647. The van der Waals surface area contributed by atoms with Gasteiger partial charge in [-0.1, -0.05) is 37.1 Å². The first-order valence-electron chi connectivity index (χ1n) is 8.60. The summed E-state index contributed by atoms with van der Waals surface area (Å²) >= 11 is 0. The highest BCUT2D eigenvalue weighted by Gasteiger charge is 2.38. The SMILES string of the molecule is O=S(=O)(N1CCCCCC1)N(CCO)C1CCc2ccccc21. The fourth-order valence-corrected chi connectivity index (χ4v) is 5.65. The summed E-state index contributed by atoms with van der Waals surface area (Å²) in [5.74, 6) is 0. The van der Waals surface area contributed by atoms with Crippen LogP contribution in [-0.4, -0.2) is 48.4 Å². The van der Waals surface area contributed by atoms with Crippen molar-refractivity contribution in [1.82, 2.24) is 8.61 Å². The molecule has 1 aliphatic carbocycles. The maximum absolute atomic E-state index is 13.2. The lowest BCUT2D eigenvalue weighted by Gasteiger charge is -2.33. The van der Waals surface area contributed by atoms with Crippen molar-refractivity contribution < 1.29 is 13.5 Å². The Morgan fingerprint density at radius 1 is 1.13 bits per heavy atom. The molecule has 0 amide bonds. The van der Waals surface area contributed by atoms with Crippen LogP contribution in [0.1, 0.15) is 49.3 Å². The van der Waals surface area contributed by atoms with Crippen molar-refractivity contribution in [2.24, 2.45) is 0 Å². The summed E-state index contributed by atoms with van der Waals surface area (Å²) in [6, 6.07) is 7.92. The normalized spacial score (nSPS) is 23.0. The van der Waals surface area contributed by atoms with Crippen LogP contribution in [-0.2, 0) is 16.6 Å². The van der Waals surface area contributed by atoms with Gasteiger partial charge in [0.15, 0.2) is 0 Å². The van der Waals surface area contributed by atoms with Crippen LogP contribution in [0.25, 0.3) is 0 Å². The van der Waals surface area contributed by atoms with E-state index in [2.05, 4.69) is 6.07 Å². The molecule has 2 aliphatic rings. The zero-order valence-electron chi connectivity index (χ0n) is 13.5. The molecule has 1 heterocycles. The Hall–Kier alpha value is -0.950. The number of rotatable bonds is 5. The first kappa shape index (κ1) is 16.9. The number of aryl methyl sites for hydroxylation is 1. The molecular formula is C17H26N2O3S. The summed E-state index contributed by atoms with van der Waals surface area (Å²) in [6.45, 7) is 1.21. The number of benzene rings is 1. The number of hydrogen-bond acceptors (Lipinski definition) is 3. The molecule has 0 bridgehead atoms. The summed E-state index contributed by atoms with van der Waals surface area (Å²) < 4.78 is 29.5. The standard InChI is InChI=1S/C17H26N2O3S/c20-14-13-19(17-10-9-15-7-3-4-8-16(15)17)23(21,22)18-11-5-1-2-6-12-18/h3-4,7-8,17,20H,1-2,5-6,9-14H2. The van der Waals surface area contributed by atoms with Crippen LogP contribution < -0.4 is 0 Å². The molecule has 5 nitrogen and oxygen atoms in total. The van der Waals surface area contributed by atoms with E-state index in [0.29, 0.717) is 13.1 Å². The predicted octanol–water partition coefficient (Wildman–Crippen LogP) is 2.09. The molecule has 128 valence electrons. The summed E-state index contributed by atoms with van der Waals surface area (Å²) in [6.07, 6.45) is 5.74. The minimum Gasteiger partial charge on any atom is -0.395 e. The highest BCUT2D eigenvalue weighted by Crippen LogP contribution is 2.37. The van der Waals surface area contributed by atoms with Gasteiger partial charge in [0.2, 0.25) is 0 Å². The molecule has 1 aromatic rings. The number of nitrogens with zero attached hydrogens (tertiary/aromatic N) is 2. The topological polar surface area (TPSA) is 60.9 Å². The number of fused-ring (bicyclic) bond motifs is 1. The summed E-state index contributed by atoms with van der Waals surface area (Å²) in [4.78, 5) is 0. The van der Waals surface area contributed by atoms with Crippen molar-refractivity contribution in [2.45, 2.75) is 44.6 Å². The average molecular weight is 338 g/mol. The molecule has 0 spiro atoms. The van der Waals surface area contributed by atoms with Gasteiger partial charge in [0, 0.05) is 19.6 Å². The Morgan fingerprint density at radius 2 is 1.83 bits per heavy atom. The van der Waals surface area contributed by atoms with Gasteiger partial charge in [-0.15, -0.1) is 0 Å². The van der Waals surface area contributed by atoms with E-state index >= 15 is 0 Å². The highest BCUT2D eigenvalue weighted by molar-refractivity contribution is 7.86. The second-order valence-electron chi connectivity index (χ2n) is 6.41. The molecule has 1 fully saturated rings. The fourth-order valence-electron chi connectivity index (χ4n) is 3.79. The van der Waals surface area contributed by atoms with Gasteiger partial charge in [0.05, 0.1) is 12.6 Å². The van der Waals surface area contributed by atoms with E-state index in [4.69, 9.17) is 0 Å². The third kappa shape index (κ3) is 3.45. The van der Waals surface area contributed by atoms with Crippen molar-refractivity contribution in [3.63, 3.8) is 0 Å². The van der Waals surface area contributed by atoms with Crippen LogP contribution in [0, 0.1) is 0 Å². The van der Waals surface area contributed by atoms with Crippen molar-refractivity contribution in [3.05, 3.63) is 35.4 Å². The van der Waals surface area contributed by atoms with Gasteiger partial charge in [-0.2, -0.15) is 17.0 Å². The number of aliphatic hydroxyl groups is 1. The van der Waals surface area contributed by atoms with Crippen molar-refractivity contribution in [3.8, 4) is 0 Å². The van der Waals surface area contributed by atoms with Gasteiger partial charge < -0.3 is 5.11 Å². The zero-order valence-corrected chi connectivity index (χ0v) is 14.3. The van der Waals surface area contributed by atoms with Gasteiger partial charge in [-0.05, 0) is 36.8 Å². The maximum Gasteiger partial charge on any atom is 0.282 e. The first-order valence-corrected chi connectivity index (χ1v) is 10.00. The smallest absolute Gasteiger partial charge is 0.282 e. The minimum atomic E-state index is -3.53. The molecular weight excluding hydrogens is 312 g/mol. The van der Waals surface area contributed by atoms with Gasteiger partial charge in [0.1, 0.15) is 0 Å². The predicted molar refractivity (Wildman–Crippen MR) is 90.3 cm³/mol. The molecule has 1 atom stereocenters. The Bertz CT molecular complexity index is 624. The molecule has 1 aliphatic heterocycles. The molecule has 1 N–H and O–H groups in total. The van der Waals surface area contributed by atoms with Crippen LogP contribution in [0.2, 0.25) is 0 Å². The molecule has 0 saturated carbocycles. The third-order valence-electron chi connectivity index (χ3n) is 4.96. The monoisotopic (exact) mass is 338 g/mol. The Labute approximate surface area is 139 Å². The second-order valence-corrected chi connectivity index (χ2v) is 8.29. The van der Waals surface area contributed by atoms with Gasteiger partial charge in [0.25, 0.3) is 10.2 Å². The van der Waals surface area contributed by atoms with E-state index in [-0.39, 0.29) is 19.2 Å². The Morgan fingerprint density at radius 3 is 2.52 bits per heavy atom. The van der Waals surface area contributed by atoms with Crippen LogP contribution in [0.15, 0.2) is 24.3 Å². The Kier molecular flexibility index (Phi) is 5.36. The van der Waals surface area contributed by atoms with Gasteiger partial charge in [-0.25, -0.2) is 0 Å². The van der Waals surface area contributed by atoms with Crippen LogP contribution in [0.5, 0.6) is 0 Å². The molecule has 1 aromatic carbocycles. The molecule has 0 radical (unpaired) electrons. The molecule has 23 heavy (non-hydrogen) atoms. The zero-order chi connectivity index (χ0) is 16.3. The lowest BCUT2D eigenvalue weighted by atomic mass is 10.1. The summed E-state index contributed by atoms with van der Waals surface area (Å²) in [5, 5.41) is 9.44. The van der Waals surface area contributed by atoms with Crippen molar-refractivity contribution >= 4 is 10.2 Å². The Balaban J connectivity index is 1.89. The van der Waals surface area contributed by atoms with E-state index in [1.54, 1.807) is 4.31 Å². The maximum atomic E-state index is 13.2. The average Bonchev–Trinajstić information content (AvgIpc) is 2.78. The summed E-state index contributed by atoms with van der Waals surface area (Å²) in [7, 11) is -3.53. The van der Waals surface area contributed by atoms with E-state index in [9.17, 15) is 13.5 Å². The number of aliphatic hydroxyl groups excluding tert-OH is 1. The molecule has 3 rings (SSSR count). The summed E-state index contributed by atoms with van der Waals surface area (Å²) in [5.41, 5.74) is 2.32. The van der Waals surface area contributed by atoms with Crippen LogP contribution in [0.3, 0.4) is 0 Å². The van der Waals surface area contributed by atoms with Gasteiger partial charge >= 0.3 is 0 Å². The molecule has 1 saturated heterocycles. The lowest BCUT2D eigenvalue weighted by molar-refractivity contribution is 0.214.